The van der Waals surface area contributed by atoms with Crippen LogP contribution in [0.1, 0.15) is 46.8 Å². The zero-order chi connectivity index (χ0) is 24.1. The molecule has 0 atom stereocenters. The minimum Gasteiger partial charge on any atom is -0.347 e. The second-order valence-corrected chi connectivity index (χ2v) is 6.80. The van der Waals surface area contributed by atoms with Gasteiger partial charge in [0.05, 0.1) is 8.45 Å². The summed E-state index contributed by atoms with van der Waals surface area (Å²) in [6, 6.07) is 13.4. The predicted octanol–water partition coefficient (Wildman–Crippen LogP) is 2.65. The van der Waals surface area contributed by atoms with Crippen molar-refractivity contribution in [2.75, 3.05) is 0 Å². The van der Waals surface area contributed by atoms with Crippen LogP contribution in [0.5, 0.6) is 0 Å². The van der Waals surface area contributed by atoms with Gasteiger partial charge in [0.15, 0.2) is 0 Å². The van der Waals surface area contributed by atoms with Crippen molar-refractivity contribution in [1.82, 2.24) is 20.6 Å². The van der Waals surface area contributed by atoms with Crippen LogP contribution < -0.4 is 10.6 Å². The van der Waals surface area contributed by atoms with E-state index < -0.39 is 18.3 Å². The molecule has 1 aromatic heterocycles. The molecule has 0 unspecified atom stereocenters. The maximum Gasteiger partial charge on any atom is 0.270 e. The van der Waals surface area contributed by atoms with Crippen molar-refractivity contribution in [3.05, 3.63) is 94.8 Å². The lowest BCUT2D eigenvalue weighted by atomic mass is 10.1. The molecule has 0 saturated heterocycles. The number of amides is 2. The number of hydrogen-bond acceptors (Lipinski definition) is 6. The molecule has 9 heteroatoms. The van der Waals surface area contributed by atoms with Gasteiger partial charge >= 0.3 is 0 Å². The van der Waals surface area contributed by atoms with E-state index >= 15 is 0 Å². The van der Waals surface area contributed by atoms with Crippen molar-refractivity contribution in [1.29, 1.82) is 0 Å². The summed E-state index contributed by atoms with van der Waals surface area (Å²) in [5, 5.41) is 12.7. The molecule has 1 aliphatic heterocycles. The number of hydrogen-bond donors (Lipinski definition) is 2. The van der Waals surface area contributed by atoms with E-state index in [1.165, 1.54) is 30.3 Å². The third kappa shape index (κ3) is 5.25. The highest BCUT2D eigenvalue weighted by Crippen LogP contribution is 2.11. The quantitative estimate of drug-likeness (QED) is 0.598. The summed E-state index contributed by atoms with van der Waals surface area (Å²) >= 11 is 0. The Labute approximate surface area is 186 Å². The van der Waals surface area contributed by atoms with Crippen LogP contribution in [0.3, 0.4) is 0 Å². The predicted molar refractivity (Wildman–Crippen MR) is 117 cm³/mol. The van der Waals surface area contributed by atoms with E-state index in [0.717, 1.165) is 17.6 Å². The van der Waals surface area contributed by atoms with E-state index in [0.29, 0.717) is 12.0 Å². The molecule has 0 fully saturated rings. The molecule has 32 heavy (non-hydrogen) atoms. The third-order valence-corrected chi connectivity index (χ3v) is 4.58. The van der Waals surface area contributed by atoms with Crippen molar-refractivity contribution in [2.45, 2.75) is 19.5 Å². The van der Waals surface area contributed by atoms with E-state index in [1.807, 2.05) is 0 Å². The number of benzene rings is 2. The molecular weight excluding hydrogens is 411 g/mol. The molecule has 1 aliphatic rings. The Hall–Kier alpha value is -4.27. The molecular formula is C23H19FN6O2. The number of halogens is 1. The maximum absolute atomic E-state index is 13.0. The van der Waals surface area contributed by atoms with E-state index in [1.54, 1.807) is 30.5 Å². The summed E-state index contributed by atoms with van der Waals surface area (Å²) in [4.78, 5) is 32.8. The van der Waals surface area contributed by atoms with Gasteiger partial charge in [0.1, 0.15) is 23.5 Å². The highest BCUT2D eigenvalue weighted by molar-refractivity contribution is 6.09. The van der Waals surface area contributed by atoms with Crippen molar-refractivity contribution in [3.8, 4) is 0 Å². The van der Waals surface area contributed by atoms with Crippen LogP contribution in [-0.2, 0) is 13.0 Å². The topological polar surface area (TPSA) is 109 Å². The van der Waals surface area contributed by atoms with E-state index in [9.17, 15) is 14.0 Å². The molecule has 2 heterocycles. The molecule has 160 valence electrons. The van der Waals surface area contributed by atoms with Gasteiger partial charge in [-0.25, -0.2) is 14.4 Å². The minimum atomic E-state index is -2.19. The lowest BCUT2D eigenvalue weighted by Crippen LogP contribution is -2.27. The van der Waals surface area contributed by atoms with Crippen LogP contribution >= 0.6 is 0 Å². The fourth-order valence-electron chi connectivity index (χ4n) is 2.87. The first-order valence-electron chi connectivity index (χ1n) is 10.7. The molecule has 2 amide bonds. The van der Waals surface area contributed by atoms with Crippen molar-refractivity contribution >= 4 is 23.7 Å². The number of carbonyl (C=O) groups excluding carboxylic acids is 2. The highest BCUT2D eigenvalue weighted by atomic mass is 19.1. The SMILES string of the molecule is [2H]C([2H])(NC(=O)c1cc(C(=O)NCc2ccc(F)cc2)ncn1)c1ccc(C2=NN=CC2)cc1. The van der Waals surface area contributed by atoms with Crippen LogP contribution in [-0.4, -0.2) is 33.7 Å². The smallest absolute Gasteiger partial charge is 0.270 e. The molecule has 0 radical (unpaired) electrons. The zero-order valence-corrected chi connectivity index (χ0v) is 16.7. The largest absolute Gasteiger partial charge is 0.347 e. The number of rotatable bonds is 7. The molecule has 0 saturated carbocycles. The lowest BCUT2D eigenvalue weighted by Gasteiger charge is -2.08. The first-order chi connectivity index (χ1) is 16.3. The summed E-state index contributed by atoms with van der Waals surface area (Å²) in [6.07, 6.45) is 3.34. The van der Waals surface area contributed by atoms with Crippen LogP contribution in [0.15, 0.2) is 71.1 Å². The van der Waals surface area contributed by atoms with Crippen molar-refractivity contribution in [2.24, 2.45) is 10.2 Å². The summed E-state index contributed by atoms with van der Waals surface area (Å²) in [5.41, 5.74) is 2.29. The van der Waals surface area contributed by atoms with E-state index in [2.05, 4.69) is 30.8 Å². The van der Waals surface area contributed by atoms with Gasteiger partial charge in [0.2, 0.25) is 0 Å². The van der Waals surface area contributed by atoms with Crippen LogP contribution in [0, 0.1) is 5.82 Å². The van der Waals surface area contributed by atoms with Crippen LogP contribution in [0.4, 0.5) is 4.39 Å². The summed E-state index contributed by atoms with van der Waals surface area (Å²) in [6.45, 7) is -2.05. The van der Waals surface area contributed by atoms with Gasteiger partial charge in [-0.05, 0) is 28.8 Å². The zero-order valence-electron chi connectivity index (χ0n) is 18.7. The molecule has 3 aromatic rings. The Morgan fingerprint density at radius 3 is 2.25 bits per heavy atom. The van der Waals surface area contributed by atoms with Gasteiger partial charge in [0, 0.05) is 31.7 Å². The summed E-state index contributed by atoms with van der Waals surface area (Å²) in [5.74, 6) is -1.74. The minimum absolute atomic E-state index is 0.0632. The van der Waals surface area contributed by atoms with Gasteiger partial charge in [0.25, 0.3) is 11.8 Å². The average Bonchev–Trinajstić information content (AvgIpc) is 3.38. The Morgan fingerprint density at radius 1 is 0.938 bits per heavy atom. The molecule has 0 bridgehead atoms. The number of aromatic nitrogens is 2. The fraction of sp³-hybridized carbons (Fsp3) is 0.130. The van der Waals surface area contributed by atoms with Gasteiger partial charge in [-0.2, -0.15) is 10.2 Å². The first kappa shape index (κ1) is 18.5. The Balaban J connectivity index is 1.40. The Morgan fingerprint density at radius 2 is 1.59 bits per heavy atom. The second kappa shape index (κ2) is 9.69. The molecule has 0 aliphatic carbocycles. The monoisotopic (exact) mass is 432 g/mol. The van der Waals surface area contributed by atoms with Gasteiger partial charge < -0.3 is 10.6 Å². The maximum atomic E-state index is 13.0. The van der Waals surface area contributed by atoms with E-state index in [4.69, 9.17) is 2.74 Å². The molecule has 2 N–H and O–H groups in total. The highest BCUT2D eigenvalue weighted by Gasteiger charge is 2.13. The van der Waals surface area contributed by atoms with Crippen LogP contribution in [0.25, 0.3) is 0 Å². The molecule has 2 aromatic carbocycles. The fourth-order valence-corrected chi connectivity index (χ4v) is 2.87. The normalized spacial score (nSPS) is 13.7. The van der Waals surface area contributed by atoms with Crippen LogP contribution in [0.2, 0.25) is 0 Å². The molecule has 4 rings (SSSR count). The Bertz CT molecular complexity index is 1280. The molecule has 0 spiro atoms. The number of carbonyl (C=O) groups is 2. The first-order valence-corrected chi connectivity index (χ1v) is 9.68. The van der Waals surface area contributed by atoms with E-state index in [-0.39, 0.29) is 29.3 Å². The summed E-state index contributed by atoms with van der Waals surface area (Å²) in [7, 11) is 0. The van der Waals surface area contributed by atoms with Gasteiger partial charge in [-0.1, -0.05) is 36.4 Å². The molecule has 8 nitrogen and oxygen atoms in total. The van der Waals surface area contributed by atoms with Gasteiger partial charge in [-0.15, -0.1) is 0 Å². The lowest BCUT2D eigenvalue weighted by molar-refractivity contribution is 0.0944. The van der Waals surface area contributed by atoms with Crippen molar-refractivity contribution in [3.63, 3.8) is 0 Å². The number of nitrogens with zero attached hydrogens (tertiary/aromatic N) is 4. The van der Waals surface area contributed by atoms with Crippen molar-refractivity contribution < 1.29 is 16.7 Å². The second-order valence-electron chi connectivity index (χ2n) is 6.80. The standard InChI is InChI=1S/C23H19FN6O2/c24-18-7-3-16(4-8-18)13-26-23(32)21-11-20(27-14-28-21)22(31)25-12-15-1-5-17(6-2-15)19-9-10-29-30-19/h1-8,10-11,14H,9,12-13H2,(H,25,31)(H,26,32)/i12D2. The van der Waals surface area contributed by atoms with Gasteiger partial charge in [-0.3, -0.25) is 9.59 Å². The average molecular weight is 432 g/mol. The summed E-state index contributed by atoms with van der Waals surface area (Å²) < 4.78 is 29.5. The third-order valence-electron chi connectivity index (χ3n) is 4.58. The number of nitrogens with one attached hydrogen (secondary N) is 2. The Kier molecular flexibility index (Phi) is 5.60.